The first-order chi connectivity index (χ1) is 14.5. The molecule has 3 rings (SSSR count). The Morgan fingerprint density at radius 1 is 1.13 bits per heavy atom. The highest BCUT2D eigenvalue weighted by atomic mass is 32.2. The summed E-state index contributed by atoms with van der Waals surface area (Å²) in [4.78, 5) is 26.1. The third kappa shape index (κ3) is 4.76. The van der Waals surface area contributed by atoms with E-state index >= 15 is 0 Å². The number of carbonyl (C=O) groups is 2. The maximum absolute atomic E-state index is 12.5. The van der Waals surface area contributed by atoms with Gasteiger partial charge in [-0.1, -0.05) is 12.1 Å². The molecule has 170 valence electrons. The highest BCUT2D eigenvalue weighted by molar-refractivity contribution is 7.89. The van der Waals surface area contributed by atoms with Crippen LogP contribution in [0, 0.1) is 0 Å². The fraction of sp³-hybridized carbons (Fsp3) is 0.412. The zero-order chi connectivity index (χ0) is 22.9. The van der Waals surface area contributed by atoms with E-state index in [4.69, 9.17) is 9.84 Å². The number of hydrazine groups is 1. The number of likely N-dealkylation sites (N-methyl/N-ethyl adjacent to an activating group) is 1. The minimum absolute atomic E-state index is 0.0468. The van der Waals surface area contributed by atoms with Crippen molar-refractivity contribution < 1.29 is 43.2 Å². The lowest BCUT2D eigenvalue weighted by atomic mass is 9.99. The van der Waals surface area contributed by atoms with E-state index in [1.54, 1.807) is 0 Å². The number of urea groups is 1. The van der Waals surface area contributed by atoms with E-state index in [1.165, 1.54) is 37.4 Å². The molecule has 0 bridgehead atoms. The minimum atomic E-state index is -4.14. The van der Waals surface area contributed by atoms with E-state index in [-0.39, 0.29) is 10.6 Å². The van der Waals surface area contributed by atoms with Crippen LogP contribution in [-0.2, 0) is 19.6 Å². The van der Waals surface area contributed by atoms with Gasteiger partial charge in [-0.2, -0.15) is 0 Å². The number of aliphatic hydroxyl groups is 4. The van der Waals surface area contributed by atoms with Crippen LogP contribution in [0.2, 0.25) is 0 Å². The largest absolute Gasteiger partial charge is 0.394 e. The van der Waals surface area contributed by atoms with Crippen LogP contribution in [0.4, 0.5) is 4.79 Å². The summed E-state index contributed by atoms with van der Waals surface area (Å²) in [5, 5.41) is 41.0. The molecule has 1 aromatic carbocycles. The zero-order valence-corrected chi connectivity index (χ0v) is 17.0. The van der Waals surface area contributed by atoms with Gasteiger partial charge in [-0.05, 0) is 23.8 Å². The fourth-order valence-corrected chi connectivity index (χ4v) is 3.83. The molecule has 2 aliphatic rings. The van der Waals surface area contributed by atoms with Crippen molar-refractivity contribution in [3.63, 3.8) is 0 Å². The summed E-state index contributed by atoms with van der Waals surface area (Å²) in [6.07, 6.45) is -6.17. The molecule has 0 aliphatic carbocycles. The van der Waals surface area contributed by atoms with Gasteiger partial charge in [-0.15, -0.1) is 4.83 Å². The van der Waals surface area contributed by atoms with E-state index in [9.17, 15) is 33.3 Å². The van der Waals surface area contributed by atoms with Gasteiger partial charge in [-0.3, -0.25) is 9.69 Å². The second kappa shape index (κ2) is 8.97. The maximum atomic E-state index is 12.5. The van der Waals surface area contributed by atoms with Crippen molar-refractivity contribution in [2.45, 2.75) is 35.5 Å². The van der Waals surface area contributed by atoms with Gasteiger partial charge in [0, 0.05) is 7.05 Å². The predicted octanol–water partition coefficient (Wildman–Crippen LogP) is -3.21. The summed E-state index contributed by atoms with van der Waals surface area (Å²) in [7, 11) is -2.81. The second-order valence-electron chi connectivity index (χ2n) is 6.92. The summed E-state index contributed by atoms with van der Waals surface area (Å²) in [6, 6.07) is 4.74. The maximum Gasteiger partial charge on any atom is 0.328 e. The van der Waals surface area contributed by atoms with E-state index in [0.29, 0.717) is 5.56 Å². The van der Waals surface area contributed by atoms with E-state index in [2.05, 4.69) is 10.7 Å². The molecule has 7 N–H and O–H groups in total. The molecule has 0 unspecified atom stereocenters. The Hall–Kier alpha value is -2.43. The summed E-state index contributed by atoms with van der Waals surface area (Å²) in [6.45, 7) is -0.661. The van der Waals surface area contributed by atoms with Crippen LogP contribution >= 0.6 is 0 Å². The fourth-order valence-electron chi connectivity index (χ4n) is 2.95. The quantitative estimate of drug-likeness (QED) is 0.129. The lowest BCUT2D eigenvalue weighted by Gasteiger charge is -2.40. The molecule has 2 saturated heterocycles. The van der Waals surface area contributed by atoms with Crippen LogP contribution in [0.1, 0.15) is 5.56 Å². The van der Waals surface area contributed by atoms with Gasteiger partial charge < -0.3 is 30.5 Å². The predicted molar refractivity (Wildman–Crippen MR) is 103 cm³/mol. The summed E-state index contributed by atoms with van der Waals surface area (Å²) in [5.74, 6) is -0.521. The highest BCUT2D eigenvalue weighted by Crippen LogP contribution is 2.20. The Bertz CT molecular complexity index is 980. The number of benzene rings is 1. The first kappa shape index (κ1) is 23.2. The van der Waals surface area contributed by atoms with Gasteiger partial charge in [0.2, 0.25) is 0 Å². The lowest BCUT2D eigenvalue weighted by molar-refractivity contribution is -0.237. The number of nitrogens with zero attached hydrogens (tertiary/aromatic N) is 1. The van der Waals surface area contributed by atoms with E-state index in [1.807, 2.05) is 4.83 Å². The average molecular weight is 458 g/mol. The first-order valence-corrected chi connectivity index (χ1v) is 10.5. The number of nitrogens with one attached hydrogen (secondary N) is 3. The number of amides is 3. The molecule has 2 aliphatic heterocycles. The van der Waals surface area contributed by atoms with Crippen LogP contribution in [-0.4, -0.2) is 90.0 Å². The van der Waals surface area contributed by atoms with Crippen molar-refractivity contribution in [3.05, 3.63) is 35.5 Å². The van der Waals surface area contributed by atoms with Gasteiger partial charge in [0.25, 0.3) is 15.9 Å². The number of aliphatic hydroxyl groups excluding tert-OH is 4. The number of hydrogen-bond donors (Lipinski definition) is 7. The van der Waals surface area contributed by atoms with Gasteiger partial charge in [0.1, 0.15) is 30.1 Å². The molecule has 3 amide bonds. The lowest BCUT2D eigenvalue weighted by Crippen LogP contribution is -2.64. The Morgan fingerprint density at radius 3 is 2.32 bits per heavy atom. The van der Waals surface area contributed by atoms with Crippen LogP contribution in [0.15, 0.2) is 34.9 Å². The molecule has 0 aromatic heterocycles. The molecule has 14 heteroatoms. The van der Waals surface area contributed by atoms with Crippen molar-refractivity contribution in [2.24, 2.45) is 0 Å². The molecular weight excluding hydrogens is 436 g/mol. The number of imide groups is 1. The normalized spacial score (nSPS) is 30.7. The molecule has 13 nitrogen and oxygen atoms in total. The number of ether oxygens (including phenoxy) is 1. The second-order valence-corrected chi connectivity index (χ2v) is 8.60. The van der Waals surface area contributed by atoms with Gasteiger partial charge in [-0.25, -0.2) is 18.6 Å². The van der Waals surface area contributed by atoms with Crippen LogP contribution < -0.4 is 15.6 Å². The molecule has 31 heavy (non-hydrogen) atoms. The number of sulfonamides is 1. The highest BCUT2D eigenvalue weighted by Gasteiger charge is 2.43. The number of hydrogen-bond acceptors (Lipinski definition) is 10. The van der Waals surface area contributed by atoms with Crippen molar-refractivity contribution in [1.29, 1.82) is 0 Å². The molecule has 0 saturated carbocycles. The molecule has 1 aromatic rings. The van der Waals surface area contributed by atoms with Crippen LogP contribution in [0.25, 0.3) is 6.08 Å². The third-order valence-electron chi connectivity index (χ3n) is 4.81. The Morgan fingerprint density at radius 2 is 1.77 bits per heavy atom. The van der Waals surface area contributed by atoms with Crippen LogP contribution in [0.5, 0.6) is 0 Å². The summed E-state index contributed by atoms with van der Waals surface area (Å²) in [5.41, 5.74) is 2.72. The number of carbonyl (C=O) groups excluding carboxylic acids is 2. The minimum Gasteiger partial charge on any atom is -0.394 e. The van der Waals surface area contributed by atoms with E-state index < -0.39 is 59.2 Å². The molecular formula is C17H22N4O9S. The Kier molecular flexibility index (Phi) is 6.73. The molecule has 0 spiro atoms. The molecule has 2 heterocycles. The topological polar surface area (TPSA) is 198 Å². The first-order valence-electron chi connectivity index (χ1n) is 9.04. The van der Waals surface area contributed by atoms with Gasteiger partial charge in [0.05, 0.1) is 11.5 Å². The van der Waals surface area contributed by atoms with Crippen LogP contribution in [0.3, 0.4) is 0 Å². The summed E-state index contributed by atoms with van der Waals surface area (Å²) >= 11 is 0. The zero-order valence-electron chi connectivity index (χ0n) is 16.2. The Balaban J connectivity index is 1.67. The van der Waals surface area contributed by atoms with Gasteiger partial charge in [0.15, 0.2) is 6.23 Å². The van der Waals surface area contributed by atoms with Crippen molar-refractivity contribution in [2.75, 3.05) is 13.7 Å². The molecule has 0 radical (unpaired) electrons. The molecule has 5 atom stereocenters. The van der Waals surface area contributed by atoms with Crippen molar-refractivity contribution >= 4 is 28.0 Å². The SMILES string of the molecule is CN1C(=O)N/C(=C\c2ccc(S(=O)(=O)NN[C@@H]3O[C@H](CO)[C@@H](O)[C@H](O)[C@@H]3O)cc2)C1=O. The summed E-state index contributed by atoms with van der Waals surface area (Å²) < 4.78 is 30.1. The standard InChI is InChI=1S/C17H22N4O9S/c1-21-16(26)10(18-17(21)27)6-8-2-4-9(5-3-8)31(28,29)20-19-15-14(25)13(24)12(23)11(7-22)30-15/h2-6,11-15,19-20,22-25H,7H2,1H3,(H,18,27)/b10-6-/t11-,12-,13+,14+,15-/m1/s1. The monoisotopic (exact) mass is 458 g/mol. The smallest absolute Gasteiger partial charge is 0.328 e. The Labute approximate surface area is 176 Å². The number of rotatable bonds is 6. The third-order valence-corrected chi connectivity index (χ3v) is 6.09. The molecule has 2 fully saturated rings. The van der Waals surface area contributed by atoms with Gasteiger partial charge >= 0.3 is 6.03 Å². The van der Waals surface area contributed by atoms with Crippen molar-refractivity contribution in [3.8, 4) is 0 Å². The average Bonchev–Trinajstić information content (AvgIpc) is 2.98. The van der Waals surface area contributed by atoms with E-state index in [0.717, 1.165) is 4.90 Å². The van der Waals surface area contributed by atoms with Crippen molar-refractivity contribution in [1.82, 2.24) is 20.5 Å².